The summed E-state index contributed by atoms with van der Waals surface area (Å²) in [6, 6.07) is 7.36. The van der Waals surface area contributed by atoms with Gasteiger partial charge in [0.25, 0.3) is 17.1 Å². The SMILES string of the molecule is CN1C(=O)/C(=C2/SC(=O)N(CN3CCCCC3)C2=O)c2ccccc21. The third-order valence-corrected chi connectivity index (χ3v) is 5.90. The van der Waals surface area contributed by atoms with Crippen LogP contribution in [0.3, 0.4) is 0 Å². The molecule has 4 rings (SSSR count). The number of hydrogen-bond acceptors (Lipinski definition) is 5. The van der Waals surface area contributed by atoms with Crippen molar-refractivity contribution in [3.05, 3.63) is 34.7 Å². The summed E-state index contributed by atoms with van der Waals surface area (Å²) >= 11 is 0.880. The van der Waals surface area contributed by atoms with Gasteiger partial charge in [0.05, 0.1) is 22.8 Å². The Hall–Kier alpha value is -2.12. The van der Waals surface area contributed by atoms with Crippen LogP contribution in [0.25, 0.3) is 5.57 Å². The minimum atomic E-state index is -0.353. The van der Waals surface area contributed by atoms with Crippen molar-refractivity contribution in [2.75, 3.05) is 31.7 Å². The van der Waals surface area contributed by atoms with E-state index in [0.29, 0.717) is 12.2 Å². The largest absolute Gasteiger partial charge is 0.311 e. The molecule has 3 heterocycles. The van der Waals surface area contributed by atoms with E-state index in [9.17, 15) is 14.4 Å². The van der Waals surface area contributed by atoms with Crippen molar-refractivity contribution in [1.82, 2.24) is 9.80 Å². The van der Waals surface area contributed by atoms with Crippen molar-refractivity contribution < 1.29 is 14.4 Å². The highest BCUT2D eigenvalue weighted by molar-refractivity contribution is 8.18. The molecule has 2 fully saturated rings. The first kappa shape index (κ1) is 16.4. The number of likely N-dealkylation sites (tertiary alicyclic amines) is 1. The second-order valence-electron chi connectivity index (χ2n) is 6.51. The van der Waals surface area contributed by atoms with Crippen molar-refractivity contribution in [1.29, 1.82) is 0 Å². The van der Waals surface area contributed by atoms with E-state index in [4.69, 9.17) is 0 Å². The van der Waals surface area contributed by atoms with Gasteiger partial charge in [-0.2, -0.15) is 0 Å². The molecule has 0 spiro atoms. The molecule has 6 nitrogen and oxygen atoms in total. The Morgan fingerprint density at radius 1 is 1.00 bits per heavy atom. The van der Waals surface area contributed by atoms with Crippen LogP contribution >= 0.6 is 11.8 Å². The minimum Gasteiger partial charge on any atom is -0.311 e. The van der Waals surface area contributed by atoms with E-state index >= 15 is 0 Å². The van der Waals surface area contributed by atoms with Crippen LogP contribution in [-0.2, 0) is 9.59 Å². The average Bonchev–Trinajstić information content (AvgIpc) is 3.04. The predicted octanol–water partition coefficient (Wildman–Crippen LogP) is 2.51. The number of piperidine rings is 1. The summed E-state index contributed by atoms with van der Waals surface area (Å²) in [7, 11) is 1.69. The zero-order valence-electron chi connectivity index (χ0n) is 14.0. The third-order valence-electron chi connectivity index (χ3n) is 4.92. The van der Waals surface area contributed by atoms with Gasteiger partial charge in [-0.25, -0.2) is 0 Å². The van der Waals surface area contributed by atoms with Gasteiger partial charge in [-0.3, -0.25) is 24.2 Å². The fourth-order valence-corrected chi connectivity index (χ4v) is 4.48. The molecule has 2 saturated heterocycles. The second kappa shape index (κ2) is 6.31. The van der Waals surface area contributed by atoms with Gasteiger partial charge in [-0.05, 0) is 43.8 Å². The Balaban J connectivity index is 1.67. The average molecular weight is 357 g/mol. The molecular formula is C18H19N3O3S. The molecule has 0 saturated carbocycles. The van der Waals surface area contributed by atoms with Gasteiger partial charge in [0.1, 0.15) is 0 Å². The molecule has 25 heavy (non-hydrogen) atoms. The number of anilines is 1. The maximum absolute atomic E-state index is 12.9. The summed E-state index contributed by atoms with van der Waals surface area (Å²) in [5, 5.41) is -0.294. The molecule has 3 aliphatic heterocycles. The first-order valence-corrected chi connectivity index (χ1v) is 9.27. The highest BCUT2D eigenvalue weighted by Crippen LogP contribution is 2.43. The summed E-state index contributed by atoms with van der Waals surface area (Å²) in [6.45, 7) is 2.11. The Morgan fingerprint density at radius 2 is 1.72 bits per heavy atom. The van der Waals surface area contributed by atoms with E-state index in [1.807, 2.05) is 24.3 Å². The summed E-state index contributed by atoms with van der Waals surface area (Å²) in [4.78, 5) is 43.1. The lowest BCUT2D eigenvalue weighted by molar-refractivity contribution is -0.124. The molecule has 7 heteroatoms. The fourth-order valence-electron chi connectivity index (χ4n) is 3.56. The lowest BCUT2D eigenvalue weighted by atomic mass is 10.1. The van der Waals surface area contributed by atoms with Gasteiger partial charge in [-0.1, -0.05) is 24.6 Å². The van der Waals surface area contributed by atoms with Gasteiger partial charge in [0.15, 0.2) is 0 Å². The van der Waals surface area contributed by atoms with Crippen LogP contribution in [0.4, 0.5) is 10.5 Å². The van der Waals surface area contributed by atoms with Crippen molar-refractivity contribution in [3.63, 3.8) is 0 Å². The number of nitrogens with zero attached hydrogens (tertiary/aromatic N) is 3. The van der Waals surface area contributed by atoms with E-state index in [1.165, 1.54) is 16.2 Å². The summed E-state index contributed by atoms with van der Waals surface area (Å²) in [6.07, 6.45) is 3.38. The first-order chi connectivity index (χ1) is 12.1. The van der Waals surface area contributed by atoms with Crippen molar-refractivity contribution >= 4 is 40.1 Å². The minimum absolute atomic E-state index is 0.232. The fraction of sp³-hybridized carbons (Fsp3) is 0.389. The van der Waals surface area contributed by atoms with Crippen molar-refractivity contribution in [2.24, 2.45) is 0 Å². The first-order valence-electron chi connectivity index (χ1n) is 8.45. The summed E-state index contributed by atoms with van der Waals surface area (Å²) < 4.78 is 0. The monoisotopic (exact) mass is 357 g/mol. The Morgan fingerprint density at radius 3 is 2.48 bits per heavy atom. The van der Waals surface area contributed by atoms with Crippen molar-refractivity contribution in [3.8, 4) is 0 Å². The quantitative estimate of drug-likeness (QED) is 0.761. The maximum Gasteiger partial charge on any atom is 0.294 e. The molecule has 3 amide bonds. The lowest BCUT2D eigenvalue weighted by Gasteiger charge is -2.29. The van der Waals surface area contributed by atoms with Crippen LogP contribution in [0, 0.1) is 0 Å². The summed E-state index contributed by atoms with van der Waals surface area (Å²) in [5.41, 5.74) is 1.84. The number of likely N-dealkylation sites (N-methyl/N-ethyl adjacent to an activating group) is 1. The van der Waals surface area contributed by atoms with E-state index < -0.39 is 0 Å². The maximum atomic E-state index is 12.9. The normalized spacial score (nSPS) is 24.4. The van der Waals surface area contributed by atoms with Crippen LogP contribution in [0.15, 0.2) is 29.2 Å². The zero-order valence-corrected chi connectivity index (χ0v) is 14.8. The molecule has 0 aliphatic carbocycles. The number of thioether (sulfide) groups is 1. The van der Waals surface area contributed by atoms with Crippen LogP contribution in [0.5, 0.6) is 0 Å². The van der Waals surface area contributed by atoms with Crippen molar-refractivity contribution in [2.45, 2.75) is 19.3 Å². The Bertz CT molecular complexity index is 799. The molecular weight excluding hydrogens is 338 g/mol. The van der Waals surface area contributed by atoms with Crippen LogP contribution < -0.4 is 4.90 Å². The molecule has 1 aromatic rings. The number of amides is 3. The molecule has 0 bridgehead atoms. The number of carbonyl (C=O) groups excluding carboxylic acids is 3. The molecule has 0 aromatic heterocycles. The molecule has 0 unspecified atom stereocenters. The van der Waals surface area contributed by atoms with Gasteiger partial charge in [0.2, 0.25) is 0 Å². The number of carbonyl (C=O) groups is 3. The molecule has 0 atom stereocenters. The third kappa shape index (κ3) is 2.67. The number of para-hydroxylation sites is 1. The molecule has 130 valence electrons. The Kier molecular flexibility index (Phi) is 4.13. The van der Waals surface area contributed by atoms with Gasteiger partial charge in [0, 0.05) is 12.6 Å². The number of hydrogen-bond donors (Lipinski definition) is 0. The number of fused-ring (bicyclic) bond motifs is 1. The highest BCUT2D eigenvalue weighted by atomic mass is 32.2. The van der Waals surface area contributed by atoms with E-state index in [1.54, 1.807) is 7.05 Å². The number of rotatable bonds is 2. The van der Waals surface area contributed by atoms with E-state index in [-0.39, 0.29) is 22.0 Å². The van der Waals surface area contributed by atoms with Gasteiger partial charge in [-0.15, -0.1) is 0 Å². The van der Waals surface area contributed by atoms with Gasteiger partial charge >= 0.3 is 0 Å². The smallest absolute Gasteiger partial charge is 0.294 e. The van der Waals surface area contributed by atoms with Crippen LogP contribution in [0.2, 0.25) is 0 Å². The lowest BCUT2D eigenvalue weighted by Crippen LogP contribution is -2.42. The predicted molar refractivity (Wildman–Crippen MR) is 96.9 cm³/mol. The van der Waals surface area contributed by atoms with E-state index in [2.05, 4.69) is 4.90 Å². The molecule has 1 aromatic carbocycles. The number of imide groups is 1. The second-order valence-corrected chi connectivity index (χ2v) is 7.47. The molecule has 3 aliphatic rings. The highest BCUT2D eigenvalue weighted by Gasteiger charge is 2.43. The van der Waals surface area contributed by atoms with Gasteiger partial charge < -0.3 is 4.90 Å². The zero-order chi connectivity index (χ0) is 17.6. The van der Waals surface area contributed by atoms with Crippen LogP contribution in [0.1, 0.15) is 24.8 Å². The standard InChI is InChI=1S/C18H19N3O3S/c1-19-13-8-4-3-7-12(13)14(16(19)22)15-17(23)21(18(24)25-15)11-20-9-5-2-6-10-20/h3-4,7-8H,2,5-6,9-11H2,1H3/b15-14+. The van der Waals surface area contributed by atoms with Crippen LogP contribution in [-0.4, -0.2) is 53.7 Å². The molecule has 0 radical (unpaired) electrons. The van der Waals surface area contributed by atoms with E-state index in [0.717, 1.165) is 48.9 Å². The topological polar surface area (TPSA) is 60.9 Å². The molecule has 0 N–H and O–H groups in total. The Labute approximate surface area is 150 Å². The summed E-state index contributed by atoms with van der Waals surface area (Å²) in [5.74, 6) is -0.585. The number of benzene rings is 1.